The lowest BCUT2D eigenvalue weighted by atomic mass is 9.87. The number of hydrogen-bond donors (Lipinski definition) is 1. The third kappa shape index (κ3) is 4.83. The van der Waals surface area contributed by atoms with Gasteiger partial charge in [-0.1, -0.05) is 32.9 Å². The van der Waals surface area contributed by atoms with Crippen LogP contribution in [0.1, 0.15) is 52.3 Å². The zero-order chi connectivity index (χ0) is 25.8. The number of aromatic nitrogens is 2. The van der Waals surface area contributed by atoms with Crippen molar-refractivity contribution in [2.24, 2.45) is 0 Å². The lowest BCUT2D eigenvalue weighted by Gasteiger charge is -2.20. The number of carboxylic acids is 1. The van der Waals surface area contributed by atoms with Crippen LogP contribution in [0.15, 0.2) is 59.5 Å². The molecule has 0 radical (unpaired) electrons. The lowest BCUT2D eigenvalue weighted by Crippen LogP contribution is -2.18. The standard InChI is InChI=1S/C24H21F3N2O4S2/c1-23(2,3)14-5-4-6-17(11-14)35(32,33)29-15(12-16-7-9-20(34-16)22(30)31)13-18-19(29)8-10-21(28-18)24(25,26)27/h4-11,13H,12H2,1-3H3,(H,30,31). The van der Waals surface area contributed by atoms with Gasteiger partial charge < -0.3 is 5.11 Å². The summed E-state index contributed by atoms with van der Waals surface area (Å²) in [5.74, 6) is -1.12. The maximum atomic E-state index is 13.8. The van der Waals surface area contributed by atoms with E-state index in [1.54, 1.807) is 18.2 Å². The van der Waals surface area contributed by atoms with E-state index >= 15 is 0 Å². The molecule has 0 aliphatic heterocycles. The molecule has 0 aliphatic carbocycles. The van der Waals surface area contributed by atoms with Crippen LogP contribution in [-0.4, -0.2) is 28.5 Å². The van der Waals surface area contributed by atoms with E-state index < -0.39 is 27.9 Å². The number of halogens is 3. The maximum Gasteiger partial charge on any atom is 0.433 e. The summed E-state index contributed by atoms with van der Waals surface area (Å²) in [6, 6.07) is 12.5. The lowest BCUT2D eigenvalue weighted by molar-refractivity contribution is -0.140. The summed E-state index contributed by atoms with van der Waals surface area (Å²) in [4.78, 5) is 15.5. The second-order valence-electron chi connectivity index (χ2n) is 9.03. The van der Waals surface area contributed by atoms with Crippen molar-refractivity contribution in [2.75, 3.05) is 0 Å². The molecule has 3 heterocycles. The Morgan fingerprint density at radius 1 is 1.06 bits per heavy atom. The Morgan fingerprint density at radius 2 is 1.77 bits per heavy atom. The van der Waals surface area contributed by atoms with Crippen molar-refractivity contribution in [1.82, 2.24) is 8.96 Å². The van der Waals surface area contributed by atoms with Crippen molar-refractivity contribution in [3.05, 3.63) is 81.3 Å². The highest BCUT2D eigenvalue weighted by molar-refractivity contribution is 7.90. The molecule has 0 unspecified atom stereocenters. The molecule has 0 atom stereocenters. The highest BCUT2D eigenvalue weighted by Crippen LogP contribution is 2.33. The van der Waals surface area contributed by atoms with Crippen LogP contribution in [0.5, 0.6) is 0 Å². The molecule has 0 saturated heterocycles. The summed E-state index contributed by atoms with van der Waals surface area (Å²) in [7, 11) is -4.23. The van der Waals surface area contributed by atoms with E-state index in [1.807, 2.05) is 26.8 Å². The second kappa shape index (κ2) is 8.49. The normalized spacial score (nSPS) is 12.9. The van der Waals surface area contributed by atoms with Gasteiger partial charge in [-0.05, 0) is 53.4 Å². The molecule has 0 amide bonds. The number of benzene rings is 1. The van der Waals surface area contributed by atoms with Crippen molar-refractivity contribution in [2.45, 2.75) is 43.7 Å². The Bertz CT molecular complexity index is 1540. The number of fused-ring (bicyclic) bond motifs is 1. The van der Waals surface area contributed by atoms with E-state index in [2.05, 4.69) is 4.98 Å². The van der Waals surface area contributed by atoms with Crippen LogP contribution in [0.25, 0.3) is 11.0 Å². The molecule has 6 nitrogen and oxygen atoms in total. The fourth-order valence-corrected chi connectivity index (χ4v) is 6.11. The van der Waals surface area contributed by atoms with Gasteiger partial charge in [0.2, 0.25) is 0 Å². The number of thiophene rings is 1. The molecule has 1 N–H and O–H groups in total. The molecular formula is C24H21F3N2O4S2. The molecule has 1 aromatic carbocycles. The van der Waals surface area contributed by atoms with Gasteiger partial charge in [-0.3, -0.25) is 0 Å². The zero-order valence-corrected chi connectivity index (χ0v) is 20.6. The molecule has 0 saturated carbocycles. The Labute approximate surface area is 203 Å². The molecule has 35 heavy (non-hydrogen) atoms. The Hall–Kier alpha value is -3.18. The minimum absolute atomic E-state index is 0.00387. The summed E-state index contributed by atoms with van der Waals surface area (Å²) in [6.07, 6.45) is -4.70. The molecule has 0 aliphatic rings. The molecule has 0 fully saturated rings. The fraction of sp³-hybridized carbons (Fsp3) is 0.250. The van der Waals surface area contributed by atoms with Crippen LogP contribution in [0.3, 0.4) is 0 Å². The Kier molecular flexibility index (Phi) is 6.05. The van der Waals surface area contributed by atoms with Gasteiger partial charge in [-0.2, -0.15) is 13.2 Å². The summed E-state index contributed by atoms with van der Waals surface area (Å²) >= 11 is 0.966. The van der Waals surface area contributed by atoms with E-state index in [-0.39, 0.29) is 38.3 Å². The summed E-state index contributed by atoms with van der Waals surface area (Å²) in [6.45, 7) is 5.82. The number of hydrogen-bond acceptors (Lipinski definition) is 5. The first-order valence-corrected chi connectivity index (χ1v) is 12.7. The largest absolute Gasteiger partial charge is 0.477 e. The van der Waals surface area contributed by atoms with Crippen molar-refractivity contribution in [1.29, 1.82) is 0 Å². The number of pyridine rings is 1. The van der Waals surface area contributed by atoms with Crippen molar-refractivity contribution >= 4 is 38.4 Å². The molecule has 0 spiro atoms. The van der Waals surface area contributed by atoms with E-state index in [0.29, 0.717) is 4.88 Å². The number of aromatic carboxylic acids is 1. The van der Waals surface area contributed by atoms with Crippen LogP contribution in [-0.2, 0) is 28.0 Å². The topological polar surface area (TPSA) is 89.3 Å². The summed E-state index contributed by atoms with van der Waals surface area (Å²) in [5, 5.41) is 9.20. The van der Waals surface area contributed by atoms with Crippen LogP contribution in [0.2, 0.25) is 0 Å². The molecule has 11 heteroatoms. The van der Waals surface area contributed by atoms with Crippen molar-refractivity contribution in [3.8, 4) is 0 Å². The first-order valence-electron chi connectivity index (χ1n) is 10.4. The van der Waals surface area contributed by atoms with Crippen LogP contribution >= 0.6 is 11.3 Å². The van der Waals surface area contributed by atoms with Gasteiger partial charge in [-0.15, -0.1) is 11.3 Å². The average molecular weight is 523 g/mol. The molecule has 4 rings (SSSR count). The molecular weight excluding hydrogens is 501 g/mol. The number of nitrogens with zero attached hydrogens (tertiary/aromatic N) is 2. The third-order valence-electron chi connectivity index (χ3n) is 5.44. The predicted octanol–water partition coefficient (Wildman–Crippen LogP) is 5.94. The smallest absolute Gasteiger partial charge is 0.433 e. The second-order valence-corrected chi connectivity index (χ2v) is 12.0. The highest BCUT2D eigenvalue weighted by atomic mass is 32.2. The molecule has 184 valence electrons. The monoisotopic (exact) mass is 522 g/mol. The third-order valence-corrected chi connectivity index (χ3v) is 8.28. The van der Waals surface area contributed by atoms with Gasteiger partial charge in [0.25, 0.3) is 10.0 Å². The van der Waals surface area contributed by atoms with Crippen molar-refractivity contribution < 1.29 is 31.5 Å². The maximum absolute atomic E-state index is 13.8. The van der Waals surface area contributed by atoms with Crippen molar-refractivity contribution in [3.63, 3.8) is 0 Å². The Morgan fingerprint density at radius 3 is 2.37 bits per heavy atom. The summed E-state index contributed by atoms with van der Waals surface area (Å²) in [5.41, 5.74) is -0.639. The van der Waals surface area contributed by atoms with Gasteiger partial charge in [0, 0.05) is 17.0 Å². The number of rotatable bonds is 5. The number of alkyl halides is 3. The van der Waals surface area contributed by atoms with Gasteiger partial charge in [0.1, 0.15) is 10.6 Å². The van der Waals surface area contributed by atoms with E-state index in [0.717, 1.165) is 33.0 Å². The summed E-state index contributed by atoms with van der Waals surface area (Å²) < 4.78 is 68.4. The van der Waals surface area contributed by atoms with Gasteiger partial charge in [0.05, 0.1) is 15.9 Å². The van der Waals surface area contributed by atoms with Crippen LogP contribution in [0, 0.1) is 0 Å². The first-order chi connectivity index (χ1) is 16.2. The first kappa shape index (κ1) is 24.9. The Balaban J connectivity index is 1.93. The minimum atomic E-state index is -4.69. The minimum Gasteiger partial charge on any atom is -0.477 e. The zero-order valence-electron chi connectivity index (χ0n) is 18.9. The van der Waals surface area contributed by atoms with Gasteiger partial charge in [-0.25, -0.2) is 22.2 Å². The van der Waals surface area contributed by atoms with Gasteiger partial charge in [0.15, 0.2) is 0 Å². The van der Waals surface area contributed by atoms with E-state index in [4.69, 9.17) is 0 Å². The van der Waals surface area contributed by atoms with E-state index in [9.17, 15) is 31.5 Å². The molecule has 0 bridgehead atoms. The van der Waals surface area contributed by atoms with Gasteiger partial charge >= 0.3 is 12.1 Å². The SMILES string of the molecule is CC(C)(C)c1cccc(S(=O)(=O)n2c(Cc3ccc(C(=O)O)s3)cc3nc(C(F)(F)F)ccc32)c1. The number of carbonyl (C=O) groups is 1. The van der Waals surface area contributed by atoms with Crippen LogP contribution < -0.4 is 0 Å². The fourth-order valence-electron chi connectivity index (χ4n) is 3.68. The predicted molar refractivity (Wildman–Crippen MR) is 127 cm³/mol. The number of carboxylic acid groups (broad SMARTS) is 1. The quantitative estimate of drug-likeness (QED) is 0.350. The molecule has 4 aromatic rings. The van der Waals surface area contributed by atoms with E-state index in [1.165, 1.54) is 18.2 Å². The van der Waals surface area contributed by atoms with Crippen LogP contribution in [0.4, 0.5) is 13.2 Å². The molecule has 3 aromatic heterocycles. The average Bonchev–Trinajstić information content (AvgIpc) is 3.37. The highest BCUT2D eigenvalue weighted by Gasteiger charge is 2.34.